The van der Waals surface area contributed by atoms with Gasteiger partial charge >= 0.3 is 0 Å². The van der Waals surface area contributed by atoms with E-state index in [4.69, 9.17) is 11.0 Å². The van der Waals surface area contributed by atoms with E-state index in [0.29, 0.717) is 18.5 Å². The number of pyridine rings is 1. The third-order valence-corrected chi connectivity index (χ3v) is 5.61. The zero-order valence-electron chi connectivity index (χ0n) is 17.0. The van der Waals surface area contributed by atoms with Crippen molar-refractivity contribution in [3.8, 4) is 17.2 Å². The molecule has 0 spiro atoms. The number of allylic oxidation sites excluding steroid dienone is 3. The average Bonchev–Trinajstić information content (AvgIpc) is 2.67. The first kappa shape index (κ1) is 19.7. The fourth-order valence-corrected chi connectivity index (χ4v) is 3.89. The van der Waals surface area contributed by atoms with Crippen molar-refractivity contribution in [2.75, 3.05) is 5.73 Å². The summed E-state index contributed by atoms with van der Waals surface area (Å²) in [5.41, 5.74) is 14.1. The van der Waals surface area contributed by atoms with Crippen LogP contribution >= 0.6 is 0 Å². The van der Waals surface area contributed by atoms with Crippen LogP contribution in [0.5, 0.6) is 0 Å². The third-order valence-electron chi connectivity index (χ3n) is 5.61. The maximum atomic E-state index is 12.5. The molecule has 4 rings (SSSR count). The lowest BCUT2D eigenvalue weighted by Crippen LogP contribution is -2.23. The molecule has 0 bridgehead atoms. The number of nitrogen functional groups attached to an aromatic ring is 1. The molecular formula is C25H24N4O. The van der Waals surface area contributed by atoms with Crippen molar-refractivity contribution in [3.05, 3.63) is 70.7 Å². The summed E-state index contributed by atoms with van der Waals surface area (Å²) in [5, 5.41) is 11.9. The number of anilines is 1. The molecule has 2 aliphatic carbocycles. The Morgan fingerprint density at radius 1 is 1.37 bits per heavy atom. The molecule has 1 saturated carbocycles. The Hall–Kier alpha value is -3.65. The van der Waals surface area contributed by atoms with E-state index in [-0.39, 0.29) is 11.8 Å². The molecule has 3 N–H and O–H groups in total. The van der Waals surface area contributed by atoms with Crippen LogP contribution in [0.1, 0.15) is 42.4 Å². The molecule has 0 radical (unpaired) electrons. The minimum atomic E-state index is -0.133. The van der Waals surface area contributed by atoms with Gasteiger partial charge in [0, 0.05) is 41.0 Å². The van der Waals surface area contributed by atoms with Gasteiger partial charge in [0.1, 0.15) is 0 Å². The molecular weight excluding hydrogens is 372 g/mol. The monoisotopic (exact) mass is 396 g/mol. The summed E-state index contributed by atoms with van der Waals surface area (Å²) in [6, 6.07) is 8.29. The zero-order valence-corrected chi connectivity index (χ0v) is 17.0. The Balaban J connectivity index is 1.64. The molecule has 2 aromatic rings. The third kappa shape index (κ3) is 4.18. The van der Waals surface area contributed by atoms with Gasteiger partial charge in [-0.05, 0) is 73.6 Å². The van der Waals surface area contributed by atoms with Gasteiger partial charge in [-0.15, -0.1) is 0 Å². The molecule has 5 heteroatoms. The van der Waals surface area contributed by atoms with Crippen LogP contribution in [0.25, 0.3) is 23.3 Å². The summed E-state index contributed by atoms with van der Waals surface area (Å²) in [6.07, 6.45) is 14.4. The van der Waals surface area contributed by atoms with Crippen LogP contribution in [-0.4, -0.2) is 10.9 Å². The minimum Gasteiger partial charge on any atom is -0.398 e. The molecule has 0 aliphatic heterocycles. The van der Waals surface area contributed by atoms with Crippen molar-refractivity contribution < 1.29 is 4.79 Å². The number of carbonyl (C=O) groups is 1. The number of hydrogen-bond acceptors (Lipinski definition) is 4. The topological polar surface area (TPSA) is 91.8 Å². The standard InChI is InChI=1S/C25H24N4O/c1-16-6-7-28-15-23(16)20-11-19-12-21(4-2-3-5-22(19)24(27)13-20)29-25(30)10-17-8-18(9-17)14-26/h3,5-7,10-13,15,18H,2,4,8-9,27H2,1H3,(H,29,30)/b5-3?,17-10?,21-12+. The molecule has 0 unspecified atom stereocenters. The number of fused-ring (bicyclic) bond motifs is 1. The Kier molecular flexibility index (Phi) is 5.49. The minimum absolute atomic E-state index is 0.0546. The van der Waals surface area contributed by atoms with Crippen LogP contribution in [0.3, 0.4) is 0 Å². The number of carbonyl (C=O) groups excluding carboxylic acids is 1. The molecule has 1 amide bonds. The van der Waals surface area contributed by atoms with E-state index in [9.17, 15) is 4.79 Å². The predicted molar refractivity (Wildman–Crippen MR) is 120 cm³/mol. The maximum absolute atomic E-state index is 12.5. The molecule has 2 aliphatic rings. The number of benzene rings is 1. The Bertz CT molecular complexity index is 1130. The van der Waals surface area contributed by atoms with Gasteiger partial charge in [-0.3, -0.25) is 9.78 Å². The number of nitrogens with two attached hydrogens (primary N) is 1. The molecule has 5 nitrogen and oxygen atoms in total. The second-order valence-electron chi connectivity index (χ2n) is 7.90. The smallest absolute Gasteiger partial charge is 0.248 e. The van der Waals surface area contributed by atoms with Crippen LogP contribution in [-0.2, 0) is 4.79 Å². The van der Waals surface area contributed by atoms with E-state index in [1.165, 1.54) is 0 Å². The number of nitrogens with zero attached hydrogens (tertiary/aromatic N) is 2. The van der Waals surface area contributed by atoms with Gasteiger partial charge in [0.25, 0.3) is 0 Å². The van der Waals surface area contributed by atoms with E-state index >= 15 is 0 Å². The number of hydrogen-bond donors (Lipinski definition) is 2. The summed E-state index contributed by atoms with van der Waals surface area (Å²) in [5.74, 6) is -0.0787. The largest absolute Gasteiger partial charge is 0.398 e. The molecule has 1 fully saturated rings. The van der Waals surface area contributed by atoms with Crippen molar-refractivity contribution in [2.24, 2.45) is 5.92 Å². The Labute approximate surface area is 176 Å². The van der Waals surface area contributed by atoms with E-state index in [0.717, 1.165) is 51.9 Å². The lowest BCUT2D eigenvalue weighted by molar-refractivity contribution is -0.115. The number of aromatic nitrogens is 1. The highest BCUT2D eigenvalue weighted by Crippen LogP contribution is 2.33. The van der Waals surface area contributed by atoms with Crippen LogP contribution in [0.15, 0.2) is 54.0 Å². The Morgan fingerprint density at radius 2 is 2.20 bits per heavy atom. The number of nitriles is 1. The summed E-state index contributed by atoms with van der Waals surface area (Å²) in [6.45, 7) is 2.05. The maximum Gasteiger partial charge on any atom is 0.248 e. The van der Waals surface area contributed by atoms with Crippen molar-refractivity contribution in [1.82, 2.24) is 10.3 Å². The molecule has 1 aromatic heterocycles. The van der Waals surface area contributed by atoms with Crippen LogP contribution < -0.4 is 11.1 Å². The van der Waals surface area contributed by atoms with Crippen molar-refractivity contribution >= 4 is 23.7 Å². The van der Waals surface area contributed by atoms with E-state index < -0.39 is 0 Å². The first-order valence-corrected chi connectivity index (χ1v) is 10.1. The Morgan fingerprint density at radius 3 is 2.97 bits per heavy atom. The normalized spacial score (nSPS) is 19.3. The fourth-order valence-electron chi connectivity index (χ4n) is 3.89. The van der Waals surface area contributed by atoms with Gasteiger partial charge in [-0.2, -0.15) is 5.26 Å². The lowest BCUT2D eigenvalue weighted by Gasteiger charge is -2.22. The fraction of sp³-hybridized carbons (Fsp3) is 0.240. The highest BCUT2D eigenvalue weighted by atomic mass is 16.1. The van der Waals surface area contributed by atoms with Gasteiger partial charge < -0.3 is 11.1 Å². The van der Waals surface area contributed by atoms with Gasteiger partial charge in [-0.25, -0.2) is 0 Å². The van der Waals surface area contributed by atoms with Crippen LogP contribution in [0.2, 0.25) is 0 Å². The highest BCUT2D eigenvalue weighted by Gasteiger charge is 2.23. The summed E-state index contributed by atoms with van der Waals surface area (Å²) in [7, 11) is 0. The first-order valence-electron chi connectivity index (χ1n) is 10.1. The number of rotatable bonds is 3. The van der Waals surface area contributed by atoms with Crippen LogP contribution in [0, 0.1) is 24.2 Å². The first-order chi connectivity index (χ1) is 14.5. The predicted octanol–water partition coefficient (Wildman–Crippen LogP) is 4.76. The van der Waals surface area contributed by atoms with Gasteiger partial charge in [0.15, 0.2) is 0 Å². The van der Waals surface area contributed by atoms with E-state index in [1.54, 1.807) is 12.3 Å². The molecule has 150 valence electrons. The molecule has 1 heterocycles. The second kappa shape index (κ2) is 8.38. The average molecular weight is 396 g/mol. The summed E-state index contributed by atoms with van der Waals surface area (Å²) >= 11 is 0. The molecule has 0 saturated heterocycles. The summed E-state index contributed by atoms with van der Waals surface area (Å²) < 4.78 is 0. The van der Waals surface area contributed by atoms with Crippen molar-refractivity contribution in [2.45, 2.75) is 32.6 Å². The van der Waals surface area contributed by atoms with Crippen LogP contribution in [0.4, 0.5) is 5.69 Å². The highest BCUT2D eigenvalue weighted by molar-refractivity contribution is 5.91. The van der Waals surface area contributed by atoms with E-state index in [2.05, 4.69) is 41.5 Å². The quantitative estimate of drug-likeness (QED) is 0.578. The summed E-state index contributed by atoms with van der Waals surface area (Å²) in [4.78, 5) is 16.7. The molecule has 0 atom stereocenters. The SMILES string of the molecule is Cc1ccncc1-c1cc(N)c2c(c1)/C=C(/NC(=O)C=C1CC(C#N)C1)CCC=C2. The van der Waals surface area contributed by atoms with Gasteiger partial charge in [0.2, 0.25) is 5.91 Å². The second-order valence-corrected chi connectivity index (χ2v) is 7.90. The number of amides is 1. The zero-order chi connectivity index (χ0) is 21.1. The van der Waals surface area contributed by atoms with Crippen molar-refractivity contribution in [1.29, 1.82) is 5.26 Å². The van der Waals surface area contributed by atoms with Gasteiger partial charge in [-0.1, -0.05) is 17.7 Å². The van der Waals surface area contributed by atoms with Crippen molar-refractivity contribution in [3.63, 3.8) is 0 Å². The molecule has 1 aromatic carbocycles. The number of nitrogens with one attached hydrogen (secondary N) is 1. The lowest BCUT2D eigenvalue weighted by atomic mass is 9.81. The van der Waals surface area contributed by atoms with Gasteiger partial charge in [0.05, 0.1) is 12.0 Å². The number of aryl methyl sites for hydroxylation is 1. The molecule has 30 heavy (non-hydrogen) atoms. The van der Waals surface area contributed by atoms with E-state index in [1.807, 2.05) is 24.4 Å².